The summed E-state index contributed by atoms with van der Waals surface area (Å²) in [4.78, 5) is 12.1. The molecule has 1 amide bonds. The predicted octanol–water partition coefficient (Wildman–Crippen LogP) is 2.01. The molecule has 2 heterocycles. The normalized spacial score (nSPS) is 23.4. The highest BCUT2D eigenvalue weighted by atomic mass is 16.5. The summed E-state index contributed by atoms with van der Waals surface area (Å²) in [7, 11) is 0. The molecule has 1 aliphatic carbocycles. The van der Waals surface area contributed by atoms with Crippen LogP contribution in [0.4, 0.5) is 5.82 Å². The van der Waals surface area contributed by atoms with Crippen molar-refractivity contribution in [2.45, 2.75) is 57.6 Å². The molecule has 122 valence electrons. The Balaban J connectivity index is 1.56. The van der Waals surface area contributed by atoms with Crippen molar-refractivity contribution in [3.8, 4) is 0 Å². The molecule has 2 N–H and O–H groups in total. The summed E-state index contributed by atoms with van der Waals surface area (Å²) in [5, 5.41) is 10.7. The van der Waals surface area contributed by atoms with Gasteiger partial charge < -0.3 is 15.4 Å². The third-order valence-corrected chi connectivity index (χ3v) is 4.53. The molecule has 3 rings (SSSR count). The van der Waals surface area contributed by atoms with Crippen LogP contribution in [0.2, 0.25) is 0 Å². The maximum atomic E-state index is 12.1. The number of hydrogen-bond donors (Lipinski definition) is 2. The second kappa shape index (κ2) is 7.24. The molecule has 0 aromatic carbocycles. The second-order valence-electron chi connectivity index (χ2n) is 6.36. The number of anilines is 1. The molecular formula is C16H26N4O2. The number of amides is 1. The summed E-state index contributed by atoms with van der Waals surface area (Å²) in [6.07, 6.45) is 6.61. The number of nitrogens with zero attached hydrogens (tertiary/aromatic N) is 2. The molecular weight excluding hydrogens is 280 g/mol. The van der Waals surface area contributed by atoms with E-state index in [0.717, 1.165) is 18.8 Å². The third kappa shape index (κ3) is 3.87. The fraction of sp³-hybridized carbons (Fsp3) is 0.750. The van der Waals surface area contributed by atoms with Crippen molar-refractivity contribution in [2.75, 3.05) is 25.0 Å². The minimum Gasteiger partial charge on any atom is -0.375 e. The fourth-order valence-electron chi connectivity index (χ4n) is 3.40. The standard InChI is InChI=1S/C16H26N4O2/c1-12-9-15(19-20(12)13-5-3-2-4-6-13)18-16(21)10-14-11-17-7-8-22-14/h9,13-14,17H,2-8,10-11H2,1H3,(H,18,19,21). The zero-order chi connectivity index (χ0) is 15.4. The second-order valence-corrected chi connectivity index (χ2v) is 6.36. The number of rotatable bonds is 4. The lowest BCUT2D eigenvalue weighted by Crippen LogP contribution is -2.40. The highest BCUT2D eigenvalue weighted by Gasteiger charge is 2.20. The van der Waals surface area contributed by atoms with E-state index in [1.165, 1.54) is 32.1 Å². The molecule has 0 radical (unpaired) electrons. The molecule has 1 atom stereocenters. The third-order valence-electron chi connectivity index (χ3n) is 4.53. The first-order valence-corrected chi connectivity index (χ1v) is 8.40. The lowest BCUT2D eigenvalue weighted by Gasteiger charge is -2.23. The Morgan fingerprint density at radius 2 is 2.27 bits per heavy atom. The largest absolute Gasteiger partial charge is 0.375 e. The van der Waals surface area contributed by atoms with E-state index in [-0.39, 0.29) is 12.0 Å². The Bertz CT molecular complexity index is 502. The molecule has 6 heteroatoms. The number of morpholine rings is 1. The van der Waals surface area contributed by atoms with Crippen molar-refractivity contribution in [1.29, 1.82) is 0 Å². The van der Waals surface area contributed by atoms with Crippen LogP contribution < -0.4 is 10.6 Å². The van der Waals surface area contributed by atoms with Crippen molar-refractivity contribution in [1.82, 2.24) is 15.1 Å². The van der Waals surface area contributed by atoms with E-state index in [2.05, 4.69) is 27.3 Å². The SMILES string of the molecule is Cc1cc(NC(=O)CC2CNCCO2)nn1C1CCCCC1. The average Bonchev–Trinajstić information content (AvgIpc) is 2.89. The Kier molecular flexibility index (Phi) is 5.10. The van der Waals surface area contributed by atoms with Crippen molar-refractivity contribution in [2.24, 2.45) is 0 Å². The van der Waals surface area contributed by atoms with Gasteiger partial charge in [-0.05, 0) is 19.8 Å². The minimum absolute atomic E-state index is 0.0259. The van der Waals surface area contributed by atoms with Gasteiger partial charge in [-0.25, -0.2) is 0 Å². The quantitative estimate of drug-likeness (QED) is 0.893. The van der Waals surface area contributed by atoms with Gasteiger partial charge in [0.1, 0.15) is 0 Å². The van der Waals surface area contributed by atoms with Crippen LogP contribution in [0.1, 0.15) is 50.3 Å². The fourth-order valence-corrected chi connectivity index (χ4v) is 3.40. The molecule has 1 unspecified atom stereocenters. The van der Waals surface area contributed by atoms with Crippen LogP contribution in [0.3, 0.4) is 0 Å². The Morgan fingerprint density at radius 1 is 1.45 bits per heavy atom. The van der Waals surface area contributed by atoms with Gasteiger partial charge in [-0.3, -0.25) is 9.48 Å². The highest BCUT2D eigenvalue weighted by Crippen LogP contribution is 2.29. The van der Waals surface area contributed by atoms with Gasteiger partial charge in [0.15, 0.2) is 5.82 Å². The van der Waals surface area contributed by atoms with Crippen LogP contribution in [-0.4, -0.2) is 41.5 Å². The molecule has 1 saturated heterocycles. The topological polar surface area (TPSA) is 68.2 Å². The summed E-state index contributed by atoms with van der Waals surface area (Å²) in [6.45, 7) is 4.34. The summed E-state index contributed by atoms with van der Waals surface area (Å²) in [5.74, 6) is 0.638. The van der Waals surface area contributed by atoms with Gasteiger partial charge in [-0.15, -0.1) is 0 Å². The van der Waals surface area contributed by atoms with E-state index in [1.54, 1.807) is 0 Å². The van der Waals surface area contributed by atoms with Crippen LogP contribution in [0.25, 0.3) is 0 Å². The van der Waals surface area contributed by atoms with Gasteiger partial charge in [0, 0.05) is 24.8 Å². The van der Waals surface area contributed by atoms with E-state index in [0.29, 0.717) is 24.9 Å². The van der Waals surface area contributed by atoms with E-state index < -0.39 is 0 Å². The Hall–Kier alpha value is -1.40. The van der Waals surface area contributed by atoms with Crippen LogP contribution in [-0.2, 0) is 9.53 Å². The lowest BCUT2D eigenvalue weighted by molar-refractivity contribution is -0.119. The van der Waals surface area contributed by atoms with E-state index in [1.807, 2.05) is 6.07 Å². The smallest absolute Gasteiger partial charge is 0.228 e. The average molecular weight is 306 g/mol. The molecule has 1 aromatic heterocycles. The molecule has 1 aromatic rings. The van der Waals surface area contributed by atoms with E-state index in [9.17, 15) is 4.79 Å². The molecule has 0 spiro atoms. The molecule has 1 aliphatic heterocycles. The number of carbonyl (C=O) groups is 1. The first-order chi connectivity index (χ1) is 10.7. The van der Waals surface area contributed by atoms with E-state index in [4.69, 9.17) is 4.74 Å². The van der Waals surface area contributed by atoms with Gasteiger partial charge >= 0.3 is 0 Å². The van der Waals surface area contributed by atoms with Crippen LogP contribution in [0.5, 0.6) is 0 Å². The first kappa shape index (κ1) is 15.5. The van der Waals surface area contributed by atoms with Gasteiger partial charge in [-0.1, -0.05) is 19.3 Å². The Labute approximate surface area is 131 Å². The monoisotopic (exact) mass is 306 g/mol. The van der Waals surface area contributed by atoms with Crippen LogP contribution in [0, 0.1) is 6.92 Å². The summed E-state index contributed by atoms with van der Waals surface area (Å²) in [5.41, 5.74) is 1.12. The molecule has 0 bridgehead atoms. The summed E-state index contributed by atoms with van der Waals surface area (Å²) >= 11 is 0. The molecule has 22 heavy (non-hydrogen) atoms. The molecule has 1 saturated carbocycles. The lowest BCUT2D eigenvalue weighted by atomic mass is 9.95. The first-order valence-electron chi connectivity index (χ1n) is 8.40. The number of aryl methyl sites for hydroxylation is 1. The maximum absolute atomic E-state index is 12.1. The van der Waals surface area contributed by atoms with Crippen molar-refractivity contribution in [3.63, 3.8) is 0 Å². The molecule has 2 aliphatic rings. The molecule has 6 nitrogen and oxygen atoms in total. The van der Waals surface area contributed by atoms with Crippen LogP contribution >= 0.6 is 0 Å². The van der Waals surface area contributed by atoms with Crippen molar-refractivity contribution < 1.29 is 9.53 Å². The summed E-state index contributed by atoms with van der Waals surface area (Å²) in [6, 6.07) is 2.46. The predicted molar refractivity (Wildman–Crippen MR) is 84.9 cm³/mol. The minimum atomic E-state index is -0.0322. The number of carbonyl (C=O) groups excluding carboxylic acids is 1. The van der Waals surface area contributed by atoms with Gasteiger partial charge in [0.2, 0.25) is 5.91 Å². The van der Waals surface area contributed by atoms with E-state index >= 15 is 0 Å². The number of nitrogens with one attached hydrogen (secondary N) is 2. The zero-order valence-electron chi connectivity index (χ0n) is 13.3. The Morgan fingerprint density at radius 3 is 3.00 bits per heavy atom. The summed E-state index contributed by atoms with van der Waals surface area (Å²) < 4.78 is 7.65. The molecule has 2 fully saturated rings. The van der Waals surface area contributed by atoms with Gasteiger partial charge in [0.25, 0.3) is 0 Å². The van der Waals surface area contributed by atoms with Crippen molar-refractivity contribution in [3.05, 3.63) is 11.8 Å². The van der Waals surface area contributed by atoms with Gasteiger partial charge in [0.05, 0.1) is 25.2 Å². The zero-order valence-corrected chi connectivity index (χ0v) is 13.3. The maximum Gasteiger partial charge on any atom is 0.228 e. The van der Waals surface area contributed by atoms with Crippen molar-refractivity contribution >= 4 is 11.7 Å². The number of aromatic nitrogens is 2. The number of ether oxygens (including phenoxy) is 1. The number of hydrogen-bond acceptors (Lipinski definition) is 4. The highest BCUT2D eigenvalue weighted by molar-refractivity contribution is 5.90. The van der Waals surface area contributed by atoms with Gasteiger partial charge in [-0.2, -0.15) is 5.10 Å². The van der Waals surface area contributed by atoms with Crippen LogP contribution in [0.15, 0.2) is 6.07 Å².